The van der Waals surface area contributed by atoms with Gasteiger partial charge in [0.05, 0.1) is 4.83 Å². The summed E-state index contributed by atoms with van der Waals surface area (Å²) in [6.07, 6.45) is 2.38. The number of rotatable bonds is 4. The molecular formula is C15H17BrS. The van der Waals surface area contributed by atoms with Gasteiger partial charge in [-0.1, -0.05) is 53.5 Å². The lowest BCUT2D eigenvalue weighted by Crippen LogP contribution is -1.90. The first-order valence-corrected chi connectivity index (χ1v) is 7.73. The van der Waals surface area contributed by atoms with Crippen molar-refractivity contribution in [2.75, 3.05) is 0 Å². The van der Waals surface area contributed by atoms with E-state index in [9.17, 15) is 0 Å². The topological polar surface area (TPSA) is 0 Å². The molecule has 1 aromatic heterocycles. The van der Waals surface area contributed by atoms with E-state index < -0.39 is 0 Å². The maximum absolute atomic E-state index is 3.78. The number of benzene rings is 1. The Morgan fingerprint density at radius 1 is 1.12 bits per heavy atom. The van der Waals surface area contributed by atoms with Crippen molar-refractivity contribution in [1.82, 2.24) is 0 Å². The van der Waals surface area contributed by atoms with Gasteiger partial charge >= 0.3 is 0 Å². The van der Waals surface area contributed by atoms with E-state index in [1.54, 1.807) is 0 Å². The van der Waals surface area contributed by atoms with Crippen LogP contribution in [0.4, 0.5) is 0 Å². The van der Waals surface area contributed by atoms with Crippen LogP contribution in [0.1, 0.15) is 39.1 Å². The van der Waals surface area contributed by atoms with Crippen molar-refractivity contribution in [2.24, 2.45) is 0 Å². The minimum absolute atomic E-state index is 0.330. The summed E-state index contributed by atoms with van der Waals surface area (Å²) < 4.78 is 0. The summed E-state index contributed by atoms with van der Waals surface area (Å²) in [6, 6.07) is 13.3. The van der Waals surface area contributed by atoms with Gasteiger partial charge in [-0.05, 0) is 36.6 Å². The van der Waals surface area contributed by atoms with Gasteiger partial charge in [0.2, 0.25) is 0 Å². The fourth-order valence-electron chi connectivity index (χ4n) is 1.90. The minimum Gasteiger partial charge on any atom is -0.144 e. The van der Waals surface area contributed by atoms with Gasteiger partial charge in [-0.2, -0.15) is 0 Å². The van der Waals surface area contributed by atoms with E-state index in [2.05, 4.69) is 66.2 Å². The third-order valence-corrected chi connectivity index (χ3v) is 5.21. The standard InChI is InChI=1S/C15H17BrS/c1-3-4-12-6-8-13(9-7-12)15(16)14-10-5-11(2)17-14/h5-10,15H,3-4H2,1-2H3. The van der Waals surface area contributed by atoms with Crippen LogP contribution < -0.4 is 0 Å². The van der Waals surface area contributed by atoms with Gasteiger partial charge in [0, 0.05) is 9.75 Å². The van der Waals surface area contributed by atoms with Crippen LogP contribution in [0.25, 0.3) is 0 Å². The average Bonchev–Trinajstić information content (AvgIpc) is 2.76. The highest BCUT2D eigenvalue weighted by molar-refractivity contribution is 9.09. The summed E-state index contributed by atoms with van der Waals surface area (Å²) in [5.41, 5.74) is 2.77. The first-order chi connectivity index (χ1) is 8.20. The Hall–Kier alpha value is -0.600. The van der Waals surface area contributed by atoms with Crippen LogP contribution in [-0.4, -0.2) is 0 Å². The Morgan fingerprint density at radius 2 is 1.82 bits per heavy atom. The largest absolute Gasteiger partial charge is 0.144 e. The summed E-state index contributed by atoms with van der Waals surface area (Å²) in [7, 11) is 0. The van der Waals surface area contributed by atoms with E-state index >= 15 is 0 Å². The minimum atomic E-state index is 0.330. The van der Waals surface area contributed by atoms with Crippen LogP contribution in [0.3, 0.4) is 0 Å². The summed E-state index contributed by atoms with van der Waals surface area (Å²) in [5.74, 6) is 0. The summed E-state index contributed by atoms with van der Waals surface area (Å²) in [4.78, 5) is 3.08. The van der Waals surface area contributed by atoms with Crippen LogP contribution in [0.2, 0.25) is 0 Å². The Balaban J connectivity index is 2.16. The van der Waals surface area contributed by atoms with Crippen molar-refractivity contribution >= 4 is 27.3 Å². The quantitative estimate of drug-likeness (QED) is 0.655. The monoisotopic (exact) mass is 308 g/mol. The molecule has 2 rings (SSSR count). The molecule has 0 spiro atoms. The third kappa shape index (κ3) is 3.20. The molecule has 2 heteroatoms. The van der Waals surface area contributed by atoms with Gasteiger partial charge in [-0.25, -0.2) is 0 Å². The van der Waals surface area contributed by atoms with Crippen LogP contribution in [0.5, 0.6) is 0 Å². The van der Waals surface area contributed by atoms with E-state index in [1.807, 2.05) is 11.3 Å². The molecule has 1 aromatic carbocycles. The molecule has 0 N–H and O–H groups in total. The van der Waals surface area contributed by atoms with Gasteiger partial charge in [-0.15, -0.1) is 11.3 Å². The van der Waals surface area contributed by atoms with Gasteiger partial charge in [0.15, 0.2) is 0 Å². The number of aryl methyl sites for hydroxylation is 2. The molecule has 1 atom stereocenters. The first-order valence-electron chi connectivity index (χ1n) is 6.00. The zero-order chi connectivity index (χ0) is 12.3. The molecule has 0 aliphatic carbocycles. The lowest BCUT2D eigenvalue weighted by molar-refractivity contribution is 0.920. The van der Waals surface area contributed by atoms with Gasteiger partial charge in [-0.3, -0.25) is 0 Å². The fourth-order valence-corrected chi connectivity index (χ4v) is 3.52. The number of thiophene rings is 1. The van der Waals surface area contributed by atoms with Crippen molar-refractivity contribution < 1.29 is 0 Å². The van der Waals surface area contributed by atoms with E-state index in [-0.39, 0.29) is 0 Å². The average molecular weight is 309 g/mol. The normalized spacial score (nSPS) is 12.6. The number of hydrogen-bond donors (Lipinski definition) is 0. The molecule has 0 amide bonds. The molecule has 1 heterocycles. The van der Waals surface area contributed by atoms with Crippen molar-refractivity contribution in [3.63, 3.8) is 0 Å². The summed E-state index contributed by atoms with van der Waals surface area (Å²) in [6.45, 7) is 4.37. The zero-order valence-electron chi connectivity index (χ0n) is 10.2. The molecule has 0 radical (unpaired) electrons. The second-order valence-corrected chi connectivity index (χ2v) is 6.54. The Morgan fingerprint density at radius 3 is 2.35 bits per heavy atom. The molecule has 90 valence electrons. The highest BCUT2D eigenvalue weighted by Gasteiger charge is 2.11. The highest BCUT2D eigenvalue weighted by Crippen LogP contribution is 2.35. The fraction of sp³-hybridized carbons (Fsp3) is 0.333. The molecular weight excluding hydrogens is 292 g/mol. The maximum atomic E-state index is 3.78. The van der Waals surface area contributed by atoms with Crippen molar-refractivity contribution in [1.29, 1.82) is 0 Å². The molecule has 0 saturated carbocycles. The van der Waals surface area contributed by atoms with E-state index in [4.69, 9.17) is 0 Å². The highest BCUT2D eigenvalue weighted by atomic mass is 79.9. The lowest BCUT2D eigenvalue weighted by Gasteiger charge is -2.09. The molecule has 0 aliphatic rings. The second kappa shape index (κ2) is 5.83. The van der Waals surface area contributed by atoms with Crippen LogP contribution in [-0.2, 0) is 6.42 Å². The van der Waals surface area contributed by atoms with E-state index in [0.29, 0.717) is 4.83 Å². The molecule has 0 fully saturated rings. The van der Waals surface area contributed by atoms with Gasteiger partial charge in [0.1, 0.15) is 0 Å². The van der Waals surface area contributed by atoms with Crippen LogP contribution in [0, 0.1) is 6.92 Å². The third-order valence-electron chi connectivity index (χ3n) is 2.82. The van der Waals surface area contributed by atoms with Crippen molar-refractivity contribution in [3.05, 3.63) is 57.3 Å². The van der Waals surface area contributed by atoms with Crippen LogP contribution in [0.15, 0.2) is 36.4 Å². The zero-order valence-corrected chi connectivity index (χ0v) is 12.6. The van der Waals surface area contributed by atoms with Crippen molar-refractivity contribution in [2.45, 2.75) is 31.5 Å². The number of hydrogen-bond acceptors (Lipinski definition) is 1. The van der Waals surface area contributed by atoms with Gasteiger partial charge in [0.25, 0.3) is 0 Å². The predicted octanol–water partition coefficient (Wildman–Crippen LogP) is 5.49. The van der Waals surface area contributed by atoms with Gasteiger partial charge < -0.3 is 0 Å². The maximum Gasteiger partial charge on any atom is 0.0738 e. The molecule has 17 heavy (non-hydrogen) atoms. The molecule has 0 nitrogen and oxygen atoms in total. The molecule has 0 aliphatic heterocycles. The Kier molecular flexibility index (Phi) is 4.41. The SMILES string of the molecule is CCCc1ccc(C(Br)c2ccc(C)s2)cc1. The van der Waals surface area contributed by atoms with Crippen molar-refractivity contribution in [3.8, 4) is 0 Å². The van der Waals surface area contributed by atoms with Crippen LogP contribution >= 0.6 is 27.3 Å². The lowest BCUT2D eigenvalue weighted by atomic mass is 10.1. The van der Waals surface area contributed by atoms with E-state index in [1.165, 1.54) is 33.7 Å². The predicted molar refractivity (Wildman–Crippen MR) is 80.3 cm³/mol. The molecule has 0 saturated heterocycles. The van der Waals surface area contributed by atoms with E-state index in [0.717, 1.165) is 0 Å². The Labute approximate surface area is 116 Å². The Bertz CT molecular complexity index is 470. The number of halogens is 1. The summed E-state index contributed by atoms with van der Waals surface area (Å²) >= 11 is 5.64. The second-order valence-electron chi connectivity index (χ2n) is 4.30. The summed E-state index contributed by atoms with van der Waals surface area (Å²) in [5, 5.41) is 0. The molecule has 0 bridgehead atoms. The molecule has 2 aromatic rings. The number of alkyl halides is 1. The first kappa shape index (κ1) is 12.8. The molecule has 1 unspecified atom stereocenters. The smallest absolute Gasteiger partial charge is 0.0738 e.